The van der Waals surface area contributed by atoms with E-state index in [-0.39, 0.29) is 30.7 Å². The molecule has 0 radical (unpaired) electrons. The lowest BCUT2D eigenvalue weighted by Crippen LogP contribution is -2.42. The van der Waals surface area contributed by atoms with Crippen LogP contribution in [0.1, 0.15) is 43.2 Å². The minimum absolute atomic E-state index is 0.00537. The molecule has 6 nitrogen and oxygen atoms in total. The predicted molar refractivity (Wildman–Crippen MR) is 110 cm³/mol. The molecule has 2 fully saturated rings. The van der Waals surface area contributed by atoms with Crippen LogP contribution in [0.4, 0.5) is 14.9 Å². The van der Waals surface area contributed by atoms with E-state index in [0.717, 1.165) is 29.7 Å². The number of carbonyl (C=O) groups excluding carboxylic acids is 3. The van der Waals surface area contributed by atoms with Gasteiger partial charge in [-0.2, -0.15) is 0 Å². The smallest absolute Gasteiger partial charge is 0.324 e. The molecular formula is C23H24FN3O3. The van der Waals surface area contributed by atoms with E-state index in [1.165, 1.54) is 12.1 Å². The van der Waals surface area contributed by atoms with Gasteiger partial charge in [0, 0.05) is 5.69 Å². The Hall–Kier alpha value is -3.22. The lowest BCUT2D eigenvalue weighted by atomic mass is 9.68. The van der Waals surface area contributed by atoms with Crippen LogP contribution in [-0.4, -0.2) is 29.3 Å². The minimum atomic E-state index is -0.763. The number of anilines is 1. The first kappa shape index (κ1) is 20.1. The number of halogens is 1. The Morgan fingerprint density at radius 3 is 2.53 bits per heavy atom. The van der Waals surface area contributed by atoms with Gasteiger partial charge in [-0.1, -0.05) is 43.5 Å². The molecule has 0 aromatic heterocycles. The highest BCUT2D eigenvalue weighted by atomic mass is 19.1. The van der Waals surface area contributed by atoms with Gasteiger partial charge in [0.25, 0.3) is 0 Å². The molecule has 4 rings (SSSR count). The average Bonchev–Trinajstić information content (AvgIpc) is 3.06. The van der Waals surface area contributed by atoms with Crippen molar-refractivity contribution in [2.24, 2.45) is 0 Å². The van der Waals surface area contributed by atoms with Crippen molar-refractivity contribution in [3.63, 3.8) is 0 Å². The third-order valence-corrected chi connectivity index (χ3v) is 5.98. The van der Waals surface area contributed by atoms with E-state index in [0.29, 0.717) is 24.1 Å². The number of nitrogens with one attached hydrogen (secondary N) is 2. The number of hydrogen-bond donors (Lipinski definition) is 2. The van der Waals surface area contributed by atoms with E-state index in [9.17, 15) is 18.8 Å². The fourth-order valence-electron chi connectivity index (χ4n) is 4.38. The summed E-state index contributed by atoms with van der Waals surface area (Å²) >= 11 is 0. The Labute approximate surface area is 174 Å². The van der Waals surface area contributed by atoms with Gasteiger partial charge in [-0.05, 0) is 48.2 Å². The maximum absolute atomic E-state index is 13.9. The molecule has 30 heavy (non-hydrogen) atoms. The third kappa shape index (κ3) is 3.92. The summed E-state index contributed by atoms with van der Waals surface area (Å²) in [5.41, 5.74) is 1.27. The molecule has 0 unspecified atom stereocenters. The lowest BCUT2D eigenvalue weighted by Gasteiger charge is -2.36. The van der Waals surface area contributed by atoms with Gasteiger partial charge in [0.05, 0.1) is 18.5 Å². The van der Waals surface area contributed by atoms with Crippen molar-refractivity contribution in [3.8, 4) is 0 Å². The SMILES string of the molecule is O=C1CNC(=O)N1Cc1cccc(NC(=O)C2(c3cccc(F)c3)CCCCC2)c1. The van der Waals surface area contributed by atoms with E-state index in [1.54, 1.807) is 30.3 Å². The lowest BCUT2D eigenvalue weighted by molar-refractivity contribution is -0.125. The first-order chi connectivity index (χ1) is 14.5. The van der Waals surface area contributed by atoms with Crippen LogP contribution >= 0.6 is 0 Å². The summed E-state index contributed by atoms with van der Waals surface area (Å²) in [4.78, 5) is 38.2. The number of benzene rings is 2. The van der Waals surface area contributed by atoms with Crippen molar-refractivity contribution >= 4 is 23.5 Å². The molecule has 1 saturated carbocycles. The van der Waals surface area contributed by atoms with Gasteiger partial charge >= 0.3 is 6.03 Å². The number of imide groups is 1. The molecule has 1 heterocycles. The van der Waals surface area contributed by atoms with Gasteiger partial charge in [-0.25, -0.2) is 9.18 Å². The quantitative estimate of drug-likeness (QED) is 0.739. The monoisotopic (exact) mass is 409 g/mol. The Balaban J connectivity index is 1.56. The molecule has 2 aromatic carbocycles. The first-order valence-electron chi connectivity index (χ1n) is 10.2. The van der Waals surface area contributed by atoms with E-state index < -0.39 is 11.4 Å². The number of urea groups is 1. The summed E-state index contributed by atoms with van der Waals surface area (Å²) in [5.74, 6) is -0.776. The normalized spacial score (nSPS) is 18.2. The van der Waals surface area contributed by atoms with Gasteiger partial charge in [0.2, 0.25) is 11.8 Å². The number of hydrogen-bond acceptors (Lipinski definition) is 3. The second-order valence-electron chi connectivity index (χ2n) is 7.95. The van der Waals surface area contributed by atoms with Crippen LogP contribution in [0.15, 0.2) is 48.5 Å². The summed E-state index contributed by atoms with van der Waals surface area (Å²) in [6.45, 7) is 0.148. The standard InChI is InChI=1S/C23H24FN3O3/c24-18-8-5-7-17(13-18)23(10-2-1-3-11-23)21(29)26-19-9-4-6-16(12-19)15-27-20(28)14-25-22(27)30/h4-9,12-13H,1-3,10-11,14-15H2,(H,25,30)(H,26,29). The largest absolute Gasteiger partial charge is 0.329 e. The van der Waals surface area contributed by atoms with Gasteiger partial charge in [0.1, 0.15) is 5.82 Å². The number of nitrogens with zero attached hydrogens (tertiary/aromatic N) is 1. The Morgan fingerprint density at radius 1 is 1.07 bits per heavy atom. The molecule has 2 aromatic rings. The molecule has 156 valence electrons. The molecule has 2 N–H and O–H groups in total. The highest BCUT2D eigenvalue weighted by molar-refractivity contribution is 6.02. The molecular weight excluding hydrogens is 385 g/mol. The minimum Gasteiger partial charge on any atom is -0.329 e. The van der Waals surface area contributed by atoms with Crippen molar-refractivity contribution in [1.82, 2.24) is 10.2 Å². The van der Waals surface area contributed by atoms with E-state index in [2.05, 4.69) is 10.6 Å². The Morgan fingerprint density at radius 2 is 1.83 bits per heavy atom. The topological polar surface area (TPSA) is 78.5 Å². The summed E-state index contributed by atoms with van der Waals surface area (Å²) in [7, 11) is 0. The molecule has 2 aliphatic rings. The maximum atomic E-state index is 13.9. The molecule has 7 heteroatoms. The second-order valence-corrected chi connectivity index (χ2v) is 7.95. The summed E-state index contributed by atoms with van der Waals surface area (Å²) < 4.78 is 13.9. The van der Waals surface area contributed by atoms with Gasteiger partial charge < -0.3 is 10.6 Å². The van der Waals surface area contributed by atoms with Crippen molar-refractivity contribution in [2.45, 2.75) is 44.1 Å². The van der Waals surface area contributed by atoms with Crippen molar-refractivity contribution in [1.29, 1.82) is 0 Å². The highest BCUT2D eigenvalue weighted by Gasteiger charge is 2.41. The number of rotatable bonds is 5. The third-order valence-electron chi connectivity index (χ3n) is 5.98. The fraction of sp³-hybridized carbons (Fsp3) is 0.348. The van der Waals surface area contributed by atoms with E-state index >= 15 is 0 Å². The molecule has 0 bridgehead atoms. The van der Waals surface area contributed by atoms with Crippen LogP contribution in [0.5, 0.6) is 0 Å². The first-order valence-corrected chi connectivity index (χ1v) is 10.2. The number of carbonyl (C=O) groups is 3. The molecule has 0 atom stereocenters. The van der Waals surface area contributed by atoms with E-state index in [4.69, 9.17) is 0 Å². The van der Waals surface area contributed by atoms with Gasteiger partial charge in [-0.15, -0.1) is 0 Å². The molecule has 1 saturated heterocycles. The zero-order valence-electron chi connectivity index (χ0n) is 16.6. The Kier molecular flexibility index (Phi) is 5.53. The molecule has 1 aliphatic heterocycles. The zero-order valence-corrected chi connectivity index (χ0v) is 16.6. The average molecular weight is 409 g/mol. The van der Waals surface area contributed by atoms with Gasteiger partial charge in [-0.3, -0.25) is 14.5 Å². The van der Waals surface area contributed by atoms with Crippen LogP contribution < -0.4 is 10.6 Å². The summed E-state index contributed by atoms with van der Waals surface area (Å²) in [6, 6.07) is 13.0. The molecule has 1 aliphatic carbocycles. The van der Waals surface area contributed by atoms with Crippen molar-refractivity contribution in [2.75, 3.05) is 11.9 Å². The highest BCUT2D eigenvalue weighted by Crippen LogP contribution is 2.40. The van der Waals surface area contributed by atoms with Crippen molar-refractivity contribution < 1.29 is 18.8 Å². The van der Waals surface area contributed by atoms with E-state index in [1.807, 2.05) is 6.07 Å². The second kappa shape index (κ2) is 8.26. The number of amides is 4. The molecule has 0 spiro atoms. The van der Waals surface area contributed by atoms with Crippen LogP contribution in [0.2, 0.25) is 0 Å². The van der Waals surface area contributed by atoms with Crippen LogP contribution in [0.3, 0.4) is 0 Å². The van der Waals surface area contributed by atoms with Gasteiger partial charge in [0.15, 0.2) is 0 Å². The summed E-state index contributed by atoms with van der Waals surface area (Å²) in [6.07, 6.45) is 4.23. The Bertz CT molecular complexity index is 969. The van der Waals surface area contributed by atoms with Crippen LogP contribution in [-0.2, 0) is 21.5 Å². The zero-order chi connectivity index (χ0) is 21.1. The van der Waals surface area contributed by atoms with Crippen molar-refractivity contribution in [3.05, 3.63) is 65.5 Å². The molecule has 4 amide bonds. The fourth-order valence-corrected chi connectivity index (χ4v) is 4.38. The predicted octanol–water partition coefficient (Wildman–Crippen LogP) is 3.72. The summed E-state index contributed by atoms with van der Waals surface area (Å²) in [5, 5.41) is 5.49. The van der Waals surface area contributed by atoms with Crippen LogP contribution in [0, 0.1) is 5.82 Å². The maximum Gasteiger partial charge on any atom is 0.324 e. The van der Waals surface area contributed by atoms with Crippen LogP contribution in [0.25, 0.3) is 0 Å².